The number of hydrogen-bond donors (Lipinski definition) is 1. The van der Waals surface area contributed by atoms with Crippen molar-refractivity contribution in [3.05, 3.63) is 29.3 Å². The van der Waals surface area contributed by atoms with Crippen LogP contribution < -0.4 is 0 Å². The highest BCUT2D eigenvalue weighted by molar-refractivity contribution is 5.87. The van der Waals surface area contributed by atoms with E-state index >= 15 is 0 Å². The number of hydrogen-bond acceptors (Lipinski definition) is 5. The molecule has 0 saturated carbocycles. The fourth-order valence-electron chi connectivity index (χ4n) is 3.66. The van der Waals surface area contributed by atoms with Crippen LogP contribution in [-0.4, -0.2) is 51.1 Å². The standard InChI is InChI=1S/C20H25N3O4/c1-20(2,3)27-19(26)23-12-14-9-16(24)7-6-13(14)10-17(23)18(25)22-8-4-5-15(22)11-21/h6-7,9,15,17,24H,4-5,8,10,12H2,1-3H3/t15-,17-/m0/s1. The Morgan fingerprint density at radius 3 is 2.67 bits per heavy atom. The zero-order valence-corrected chi connectivity index (χ0v) is 15.9. The number of aromatic hydroxyl groups is 1. The van der Waals surface area contributed by atoms with Crippen LogP contribution in [0.4, 0.5) is 4.79 Å². The van der Waals surface area contributed by atoms with E-state index in [1.165, 1.54) is 4.90 Å². The van der Waals surface area contributed by atoms with Gasteiger partial charge in [0.05, 0.1) is 12.6 Å². The zero-order chi connectivity index (χ0) is 19.8. The quantitative estimate of drug-likeness (QED) is 0.819. The highest BCUT2D eigenvalue weighted by Gasteiger charge is 2.41. The van der Waals surface area contributed by atoms with E-state index < -0.39 is 23.8 Å². The summed E-state index contributed by atoms with van der Waals surface area (Å²) in [4.78, 5) is 29.0. The molecule has 0 aliphatic carbocycles. The molecule has 2 amide bonds. The van der Waals surface area contributed by atoms with E-state index in [9.17, 15) is 20.0 Å². The van der Waals surface area contributed by atoms with E-state index in [-0.39, 0.29) is 18.2 Å². The number of phenolic OH excluding ortho intramolecular Hbond substituents is 1. The number of nitrogens with zero attached hydrogens (tertiary/aromatic N) is 3. The molecular weight excluding hydrogens is 346 g/mol. The number of nitriles is 1. The molecule has 144 valence electrons. The van der Waals surface area contributed by atoms with E-state index in [2.05, 4.69) is 6.07 Å². The molecule has 2 heterocycles. The molecule has 7 heteroatoms. The van der Waals surface area contributed by atoms with Crippen LogP contribution in [0.25, 0.3) is 0 Å². The maximum absolute atomic E-state index is 13.2. The number of carbonyl (C=O) groups is 2. The number of ether oxygens (including phenoxy) is 1. The zero-order valence-electron chi connectivity index (χ0n) is 15.9. The molecule has 0 aromatic heterocycles. The van der Waals surface area contributed by atoms with Crippen LogP contribution >= 0.6 is 0 Å². The smallest absolute Gasteiger partial charge is 0.411 e. The second kappa shape index (κ2) is 7.10. The van der Waals surface area contributed by atoms with Gasteiger partial charge in [0.15, 0.2) is 0 Å². The van der Waals surface area contributed by atoms with E-state index in [1.807, 2.05) is 0 Å². The van der Waals surface area contributed by atoms with Gasteiger partial charge in [0, 0.05) is 13.0 Å². The number of benzene rings is 1. The van der Waals surface area contributed by atoms with Crippen LogP contribution in [0.5, 0.6) is 5.75 Å². The van der Waals surface area contributed by atoms with Crippen molar-refractivity contribution in [1.82, 2.24) is 9.80 Å². The Morgan fingerprint density at radius 2 is 2.00 bits per heavy atom. The third-order valence-electron chi connectivity index (χ3n) is 4.92. The van der Waals surface area contributed by atoms with Crippen LogP contribution in [0.1, 0.15) is 44.7 Å². The molecule has 2 aliphatic rings. The van der Waals surface area contributed by atoms with Gasteiger partial charge in [-0.25, -0.2) is 4.79 Å². The lowest BCUT2D eigenvalue weighted by atomic mass is 9.93. The molecular formula is C20H25N3O4. The average Bonchev–Trinajstić information content (AvgIpc) is 3.07. The summed E-state index contributed by atoms with van der Waals surface area (Å²) in [6.07, 6.45) is 1.21. The molecule has 3 rings (SSSR count). The molecule has 1 fully saturated rings. The molecule has 27 heavy (non-hydrogen) atoms. The largest absolute Gasteiger partial charge is 0.508 e. The third kappa shape index (κ3) is 4.00. The normalized spacial score (nSPS) is 22.1. The van der Waals surface area contributed by atoms with Gasteiger partial charge in [0.2, 0.25) is 5.91 Å². The lowest BCUT2D eigenvalue weighted by Gasteiger charge is -2.38. The third-order valence-corrected chi connectivity index (χ3v) is 4.92. The van der Waals surface area contributed by atoms with Crippen molar-refractivity contribution in [3.63, 3.8) is 0 Å². The van der Waals surface area contributed by atoms with Gasteiger partial charge < -0.3 is 14.7 Å². The summed E-state index contributed by atoms with van der Waals surface area (Å²) in [5.41, 5.74) is 1.02. The van der Waals surface area contributed by atoms with E-state index in [1.54, 1.807) is 43.9 Å². The van der Waals surface area contributed by atoms with Crippen molar-refractivity contribution in [3.8, 4) is 11.8 Å². The van der Waals surface area contributed by atoms with Crippen molar-refractivity contribution in [2.75, 3.05) is 6.54 Å². The topological polar surface area (TPSA) is 93.9 Å². The van der Waals surface area contributed by atoms with E-state index in [4.69, 9.17) is 4.74 Å². The number of phenols is 1. The first-order valence-corrected chi connectivity index (χ1v) is 9.20. The fraction of sp³-hybridized carbons (Fsp3) is 0.550. The van der Waals surface area contributed by atoms with Gasteiger partial charge in [-0.1, -0.05) is 6.07 Å². The van der Waals surface area contributed by atoms with Crippen molar-refractivity contribution < 1.29 is 19.4 Å². The second-order valence-corrected chi connectivity index (χ2v) is 8.10. The summed E-state index contributed by atoms with van der Waals surface area (Å²) in [7, 11) is 0. The molecule has 0 radical (unpaired) electrons. The number of rotatable bonds is 1. The minimum absolute atomic E-state index is 0.117. The minimum Gasteiger partial charge on any atom is -0.508 e. The van der Waals surface area contributed by atoms with Crippen LogP contribution in [0.3, 0.4) is 0 Å². The molecule has 1 N–H and O–H groups in total. The lowest BCUT2D eigenvalue weighted by Crippen LogP contribution is -2.55. The Hall–Kier alpha value is -2.75. The van der Waals surface area contributed by atoms with Crippen LogP contribution in [0.15, 0.2) is 18.2 Å². The first-order chi connectivity index (χ1) is 12.7. The van der Waals surface area contributed by atoms with Gasteiger partial charge in [-0.2, -0.15) is 5.26 Å². The first kappa shape index (κ1) is 19.0. The van der Waals surface area contributed by atoms with Crippen LogP contribution in [-0.2, 0) is 22.5 Å². The Kier molecular flexibility index (Phi) is 5.01. The maximum Gasteiger partial charge on any atom is 0.411 e. The lowest BCUT2D eigenvalue weighted by molar-refractivity contribution is -0.137. The molecule has 1 aromatic rings. The van der Waals surface area contributed by atoms with Gasteiger partial charge in [-0.05, 0) is 56.9 Å². The molecule has 0 unspecified atom stereocenters. The van der Waals surface area contributed by atoms with Gasteiger partial charge >= 0.3 is 6.09 Å². The molecule has 1 aromatic carbocycles. The van der Waals surface area contributed by atoms with Crippen LogP contribution in [0.2, 0.25) is 0 Å². The summed E-state index contributed by atoms with van der Waals surface area (Å²) in [6.45, 7) is 6.03. The van der Waals surface area contributed by atoms with E-state index in [0.29, 0.717) is 19.4 Å². The molecule has 2 atom stereocenters. The summed E-state index contributed by atoms with van der Waals surface area (Å²) >= 11 is 0. The van der Waals surface area contributed by atoms with Crippen molar-refractivity contribution in [2.24, 2.45) is 0 Å². The summed E-state index contributed by atoms with van der Waals surface area (Å²) in [6, 6.07) is 5.99. The van der Waals surface area contributed by atoms with Gasteiger partial charge in [0.25, 0.3) is 0 Å². The molecule has 1 saturated heterocycles. The molecule has 2 aliphatic heterocycles. The number of likely N-dealkylation sites (tertiary alicyclic amines) is 1. The summed E-state index contributed by atoms with van der Waals surface area (Å²) in [5.74, 6) is -0.101. The van der Waals surface area contributed by atoms with Gasteiger partial charge in [-0.15, -0.1) is 0 Å². The summed E-state index contributed by atoms with van der Waals surface area (Å²) in [5, 5.41) is 19.1. The number of fused-ring (bicyclic) bond motifs is 1. The SMILES string of the molecule is CC(C)(C)OC(=O)N1Cc2cc(O)ccc2C[C@H]1C(=O)N1CCC[C@H]1C#N. The Balaban J connectivity index is 1.92. The van der Waals surface area contributed by atoms with Crippen molar-refractivity contribution in [2.45, 2.75) is 64.3 Å². The van der Waals surface area contributed by atoms with E-state index in [0.717, 1.165) is 17.5 Å². The predicted molar refractivity (Wildman–Crippen MR) is 97.7 cm³/mol. The first-order valence-electron chi connectivity index (χ1n) is 9.20. The predicted octanol–water partition coefficient (Wildman–Crippen LogP) is 2.57. The average molecular weight is 371 g/mol. The Morgan fingerprint density at radius 1 is 1.26 bits per heavy atom. The number of carbonyl (C=O) groups excluding carboxylic acids is 2. The Bertz CT molecular complexity index is 793. The van der Waals surface area contributed by atoms with Crippen molar-refractivity contribution in [1.29, 1.82) is 5.26 Å². The monoisotopic (exact) mass is 371 g/mol. The van der Waals surface area contributed by atoms with Gasteiger partial charge in [-0.3, -0.25) is 9.69 Å². The van der Waals surface area contributed by atoms with Crippen molar-refractivity contribution >= 4 is 12.0 Å². The molecule has 0 spiro atoms. The van der Waals surface area contributed by atoms with Gasteiger partial charge in [0.1, 0.15) is 23.4 Å². The van der Waals surface area contributed by atoms with Crippen LogP contribution in [0, 0.1) is 11.3 Å². The fourth-order valence-corrected chi connectivity index (χ4v) is 3.66. The Labute approximate surface area is 159 Å². The summed E-state index contributed by atoms with van der Waals surface area (Å²) < 4.78 is 5.51. The molecule has 7 nitrogen and oxygen atoms in total. The maximum atomic E-state index is 13.2. The second-order valence-electron chi connectivity index (χ2n) is 8.10. The minimum atomic E-state index is -0.717. The number of amides is 2. The highest BCUT2D eigenvalue weighted by Crippen LogP contribution is 2.30. The molecule has 0 bridgehead atoms. The highest BCUT2D eigenvalue weighted by atomic mass is 16.6.